The first-order chi connectivity index (χ1) is 14.0. The van der Waals surface area contributed by atoms with Crippen LogP contribution in [0.5, 0.6) is 0 Å². The lowest BCUT2D eigenvalue weighted by molar-refractivity contribution is -0.137. The van der Waals surface area contributed by atoms with E-state index in [0.717, 1.165) is 44.9 Å². The second kappa shape index (κ2) is 12.8. The third-order valence-electron chi connectivity index (χ3n) is 6.08. The van der Waals surface area contributed by atoms with Crippen molar-refractivity contribution in [1.29, 1.82) is 0 Å². The van der Waals surface area contributed by atoms with E-state index in [2.05, 4.69) is 24.4 Å². The maximum absolute atomic E-state index is 12.2. The third-order valence-corrected chi connectivity index (χ3v) is 6.08. The van der Waals surface area contributed by atoms with Crippen molar-refractivity contribution in [1.82, 2.24) is 5.32 Å². The maximum Gasteiger partial charge on any atom is 0.303 e. The van der Waals surface area contributed by atoms with Gasteiger partial charge in [0.15, 0.2) is 0 Å². The normalized spacial score (nSPS) is 25.6. The molecule has 2 aliphatic rings. The monoisotopic (exact) mass is 407 g/mol. The molecule has 2 bridgehead atoms. The zero-order valence-electron chi connectivity index (χ0n) is 17.7. The van der Waals surface area contributed by atoms with Crippen molar-refractivity contribution in [3.05, 3.63) is 12.2 Å². The van der Waals surface area contributed by atoms with E-state index in [-0.39, 0.29) is 42.7 Å². The van der Waals surface area contributed by atoms with Gasteiger partial charge in [0.1, 0.15) is 5.78 Å². The van der Waals surface area contributed by atoms with E-state index in [1.807, 2.05) is 0 Å². The average Bonchev–Trinajstić information content (AvgIpc) is 3.29. The minimum absolute atomic E-state index is 0.0481. The summed E-state index contributed by atoms with van der Waals surface area (Å²) in [6.07, 6.45) is 13.8. The van der Waals surface area contributed by atoms with E-state index in [1.54, 1.807) is 0 Å². The molecule has 2 N–H and O–H groups in total. The lowest BCUT2D eigenvalue weighted by Gasteiger charge is -2.26. The molecule has 0 aromatic rings. The Bertz CT molecular complexity index is 574. The minimum atomic E-state index is -0.742. The summed E-state index contributed by atoms with van der Waals surface area (Å²) in [6, 6.07) is 0. The lowest BCUT2D eigenvalue weighted by atomic mass is 9.79. The molecular weight excluding hydrogens is 370 g/mol. The number of allylic oxidation sites excluding steroid dienone is 1. The molecule has 2 saturated heterocycles. The van der Waals surface area contributed by atoms with Gasteiger partial charge in [-0.2, -0.15) is 0 Å². The van der Waals surface area contributed by atoms with Crippen molar-refractivity contribution < 1.29 is 24.2 Å². The molecule has 0 aromatic heterocycles. The summed E-state index contributed by atoms with van der Waals surface area (Å²) in [5.74, 6) is -0.0139. The van der Waals surface area contributed by atoms with Crippen molar-refractivity contribution in [2.75, 3.05) is 6.54 Å². The van der Waals surface area contributed by atoms with Crippen LogP contribution >= 0.6 is 0 Å². The summed E-state index contributed by atoms with van der Waals surface area (Å²) in [6.45, 7) is 2.71. The Kier molecular flexibility index (Phi) is 10.4. The van der Waals surface area contributed by atoms with Gasteiger partial charge in [-0.25, -0.2) is 0 Å². The topological polar surface area (TPSA) is 92.7 Å². The number of hydrogen-bond donors (Lipinski definition) is 2. The van der Waals surface area contributed by atoms with Crippen LogP contribution in [-0.4, -0.2) is 41.5 Å². The second-order valence-electron chi connectivity index (χ2n) is 8.40. The van der Waals surface area contributed by atoms with Crippen LogP contribution in [0.1, 0.15) is 84.0 Å². The fourth-order valence-electron chi connectivity index (χ4n) is 4.41. The highest BCUT2D eigenvalue weighted by Crippen LogP contribution is 2.43. The molecule has 0 unspecified atom stereocenters. The first-order valence-electron chi connectivity index (χ1n) is 11.3. The second-order valence-corrected chi connectivity index (χ2v) is 8.40. The van der Waals surface area contributed by atoms with E-state index >= 15 is 0 Å². The van der Waals surface area contributed by atoms with Crippen LogP contribution < -0.4 is 5.32 Å². The number of fused-ring (bicyclic) bond motifs is 2. The third kappa shape index (κ3) is 8.29. The first kappa shape index (κ1) is 23.6. The van der Waals surface area contributed by atoms with Gasteiger partial charge < -0.3 is 15.2 Å². The molecule has 2 fully saturated rings. The van der Waals surface area contributed by atoms with E-state index in [1.165, 1.54) is 0 Å². The van der Waals surface area contributed by atoms with Crippen LogP contribution in [0.4, 0.5) is 0 Å². The highest BCUT2D eigenvalue weighted by atomic mass is 16.5. The number of carbonyl (C=O) groups is 3. The minimum Gasteiger partial charge on any atom is -0.481 e. The number of unbranched alkanes of at least 4 members (excludes halogenated alkanes) is 4. The Morgan fingerprint density at radius 3 is 2.52 bits per heavy atom. The molecule has 29 heavy (non-hydrogen) atoms. The summed E-state index contributed by atoms with van der Waals surface area (Å²) in [7, 11) is 0. The molecule has 0 aliphatic carbocycles. The van der Waals surface area contributed by atoms with E-state index in [4.69, 9.17) is 9.84 Å². The van der Waals surface area contributed by atoms with E-state index in [9.17, 15) is 14.4 Å². The highest BCUT2D eigenvalue weighted by molar-refractivity contribution is 5.84. The van der Waals surface area contributed by atoms with Crippen LogP contribution in [0, 0.1) is 11.8 Å². The van der Waals surface area contributed by atoms with Crippen LogP contribution in [0.15, 0.2) is 12.2 Å². The van der Waals surface area contributed by atoms with Gasteiger partial charge in [0.2, 0.25) is 5.91 Å². The first-order valence-corrected chi connectivity index (χ1v) is 11.3. The van der Waals surface area contributed by atoms with Gasteiger partial charge in [-0.15, -0.1) is 0 Å². The van der Waals surface area contributed by atoms with E-state index in [0.29, 0.717) is 31.7 Å². The number of ketones is 1. The Hall–Kier alpha value is -1.69. The number of nitrogens with one attached hydrogen (secondary N) is 1. The Morgan fingerprint density at radius 2 is 1.76 bits per heavy atom. The zero-order valence-corrected chi connectivity index (χ0v) is 17.7. The van der Waals surface area contributed by atoms with Crippen molar-refractivity contribution >= 4 is 17.7 Å². The zero-order chi connectivity index (χ0) is 21.1. The number of carboxylic acids is 1. The van der Waals surface area contributed by atoms with Gasteiger partial charge in [0.05, 0.1) is 12.2 Å². The number of carboxylic acid groups (broad SMARTS) is 1. The highest BCUT2D eigenvalue weighted by Gasteiger charge is 2.47. The molecule has 0 radical (unpaired) electrons. The number of Topliss-reactive ketones (excluding diaryl/α,β-unsaturated/α-hetero) is 1. The maximum atomic E-state index is 12.2. The Labute approximate surface area is 174 Å². The number of amides is 1. The smallest absolute Gasteiger partial charge is 0.303 e. The van der Waals surface area contributed by atoms with E-state index < -0.39 is 5.97 Å². The summed E-state index contributed by atoms with van der Waals surface area (Å²) >= 11 is 0. The molecule has 0 saturated carbocycles. The van der Waals surface area contributed by atoms with Crippen molar-refractivity contribution in [3.63, 3.8) is 0 Å². The molecule has 164 valence electrons. The van der Waals surface area contributed by atoms with Crippen LogP contribution in [-0.2, 0) is 19.1 Å². The summed E-state index contributed by atoms with van der Waals surface area (Å²) in [5, 5.41) is 11.7. The Morgan fingerprint density at radius 1 is 1.00 bits per heavy atom. The molecule has 6 nitrogen and oxygen atoms in total. The molecule has 1 amide bonds. The standard InChI is InChI=1S/C23H37NO5/c1-2-3-6-9-17(25)12-15-22(26)24-16-19-18(20-13-14-21(19)29-20)10-7-4-5-8-11-23(27)28/h7,10,18-21H,2-6,8-9,11-16H2,1H3,(H,24,26)(H,27,28)/t18-,19+,20-,21+/m0/s1. The van der Waals surface area contributed by atoms with Gasteiger partial charge in [-0.05, 0) is 38.5 Å². The van der Waals surface area contributed by atoms with Gasteiger partial charge in [0.25, 0.3) is 0 Å². The predicted octanol–water partition coefficient (Wildman–Crippen LogP) is 4.03. The molecule has 0 aromatic carbocycles. The predicted molar refractivity (Wildman–Crippen MR) is 112 cm³/mol. The number of rotatable bonds is 15. The van der Waals surface area contributed by atoms with Crippen LogP contribution in [0.2, 0.25) is 0 Å². The SMILES string of the molecule is CCCCCC(=O)CCC(=O)NC[C@@H]1[C@H](C=CCCCCC(=O)O)[C@@H]2CC[C@H]1O2. The molecule has 0 spiro atoms. The van der Waals surface area contributed by atoms with Gasteiger partial charge in [0, 0.05) is 44.1 Å². The fourth-order valence-corrected chi connectivity index (χ4v) is 4.41. The van der Waals surface area contributed by atoms with Crippen LogP contribution in [0.25, 0.3) is 0 Å². The summed E-state index contributed by atoms with van der Waals surface area (Å²) in [4.78, 5) is 34.5. The average molecular weight is 408 g/mol. The fraction of sp³-hybridized carbons (Fsp3) is 0.783. The quantitative estimate of drug-likeness (QED) is 0.316. The molecular formula is C23H37NO5. The molecule has 6 heteroatoms. The number of ether oxygens (including phenoxy) is 1. The van der Waals surface area contributed by atoms with Gasteiger partial charge in [-0.1, -0.05) is 31.9 Å². The molecule has 2 rings (SSSR count). The molecule has 2 aliphatic heterocycles. The van der Waals surface area contributed by atoms with Crippen molar-refractivity contribution in [2.45, 2.75) is 96.2 Å². The van der Waals surface area contributed by atoms with Gasteiger partial charge in [-0.3, -0.25) is 14.4 Å². The Balaban J connectivity index is 1.68. The number of aliphatic carboxylic acids is 1. The summed E-state index contributed by atoms with van der Waals surface area (Å²) < 4.78 is 6.06. The lowest BCUT2D eigenvalue weighted by Crippen LogP contribution is -2.37. The van der Waals surface area contributed by atoms with Crippen molar-refractivity contribution in [2.24, 2.45) is 11.8 Å². The molecule has 4 atom stereocenters. The largest absolute Gasteiger partial charge is 0.481 e. The van der Waals surface area contributed by atoms with Crippen molar-refractivity contribution in [3.8, 4) is 0 Å². The summed E-state index contributed by atoms with van der Waals surface area (Å²) in [5.41, 5.74) is 0. The van der Waals surface area contributed by atoms with Gasteiger partial charge >= 0.3 is 5.97 Å². The van der Waals surface area contributed by atoms with Crippen LogP contribution in [0.3, 0.4) is 0 Å². The number of hydrogen-bond acceptors (Lipinski definition) is 4. The number of carbonyl (C=O) groups excluding carboxylic acids is 2. The molecule has 2 heterocycles.